The number of nitriles is 1. The third-order valence-corrected chi connectivity index (χ3v) is 9.01. The molecule has 204 valence electrons. The number of para-hydroxylation sites is 3. The summed E-state index contributed by atoms with van der Waals surface area (Å²) in [6.45, 7) is 7.67. The molecule has 0 amide bonds. The zero-order valence-electron chi connectivity index (χ0n) is 23.3. The Labute approximate surface area is 254 Å². The van der Waals surface area contributed by atoms with Crippen LogP contribution in [0.3, 0.4) is 0 Å². The highest BCUT2D eigenvalue weighted by Gasteiger charge is 2.19. The third-order valence-electron chi connectivity index (χ3n) is 7.81. The minimum atomic E-state index is -0.452. The summed E-state index contributed by atoms with van der Waals surface area (Å²) in [5.41, 5.74) is 4.86. The van der Waals surface area contributed by atoms with Crippen LogP contribution in [0.1, 0.15) is 6.42 Å². The number of benzene rings is 5. The summed E-state index contributed by atoms with van der Waals surface area (Å²) in [6.07, 6.45) is 5.92. The van der Waals surface area contributed by atoms with Gasteiger partial charge in [0.25, 0.3) is 0 Å². The van der Waals surface area contributed by atoms with Gasteiger partial charge in [0.1, 0.15) is 0 Å². The van der Waals surface area contributed by atoms with Crippen LogP contribution in [-0.2, 0) is 0 Å². The number of hydrogen-bond acceptors (Lipinski definition) is 3. The van der Waals surface area contributed by atoms with Gasteiger partial charge in [0.15, 0.2) is 6.20 Å². The van der Waals surface area contributed by atoms with Crippen molar-refractivity contribution in [1.82, 2.24) is 4.57 Å². The molecule has 1 unspecified atom stereocenters. The zero-order chi connectivity index (χ0) is 29.2. The molecule has 4 nitrogen and oxygen atoms in total. The Hall–Kier alpha value is -5.62. The average Bonchev–Trinajstić information content (AvgIpc) is 3.60. The molecular weight excluding hydrogens is 545 g/mol. The highest BCUT2D eigenvalue weighted by atomic mass is 32.1. The first kappa shape index (κ1) is 26.3. The summed E-state index contributed by atoms with van der Waals surface area (Å²) < 4.78 is 4.76. The maximum atomic E-state index is 10.3. The van der Waals surface area contributed by atoms with E-state index in [-0.39, 0.29) is 0 Å². The van der Waals surface area contributed by atoms with E-state index in [0.29, 0.717) is 6.42 Å². The topological polar surface area (TPSA) is 36.3 Å². The number of fused-ring (bicyclic) bond motifs is 7. The first-order valence-electron chi connectivity index (χ1n) is 14.1. The lowest BCUT2D eigenvalue weighted by atomic mass is 10.0. The molecule has 0 radical (unpaired) electrons. The fourth-order valence-electron chi connectivity index (χ4n) is 5.91. The highest BCUT2D eigenvalue weighted by molar-refractivity contribution is 7.26. The first-order valence-corrected chi connectivity index (χ1v) is 14.9. The SMILES string of the molecule is [C-]#[N+]/C=C(/CC(C#N)/C=C/n1c2ccccc2c2c3sc4ccccc4c3ccc21)N(c1ccccc1)c1ccccc1. The van der Waals surface area contributed by atoms with Crippen molar-refractivity contribution in [3.05, 3.63) is 151 Å². The summed E-state index contributed by atoms with van der Waals surface area (Å²) in [5.74, 6) is -0.452. The maximum Gasteiger partial charge on any atom is 0.173 e. The second-order valence-corrected chi connectivity index (χ2v) is 11.4. The molecule has 0 saturated carbocycles. The van der Waals surface area contributed by atoms with Crippen LogP contribution in [0.5, 0.6) is 0 Å². The number of anilines is 2. The fourth-order valence-corrected chi connectivity index (χ4v) is 7.17. The normalized spacial score (nSPS) is 12.7. The van der Waals surface area contributed by atoms with Crippen LogP contribution in [0, 0.1) is 23.8 Å². The quantitative estimate of drug-likeness (QED) is 0.179. The Kier molecular flexibility index (Phi) is 6.93. The van der Waals surface area contributed by atoms with Crippen LogP contribution in [0.4, 0.5) is 11.4 Å². The van der Waals surface area contributed by atoms with Gasteiger partial charge in [0.05, 0.1) is 29.6 Å². The second-order valence-electron chi connectivity index (χ2n) is 10.4. The number of allylic oxidation sites excluding steroid dienone is 2. The van der Waals surface area contributed by atoms with Gasteiger partial charge in [0, 0.05) is 54.2 Å². The predicted molar refractivity (Wildman–Crippen MR) is 181 cm³/mol. The molecule has 7 rings (SSSR count). The smallest absolute Gasteiger partial charge is 0.173 e. The van der Waals surface area contributed by atoms with Crippen LogP contribution < -0.4 is 4.90 Å². The lowest BCUT2D eigenvalue weighted by Gasteiger charge is -2.28. The molecular formula is C38H26N4S. The van der Waals surface area contributed by atoms with Crippen molar-refractivity contribution in [2.45, 2.75) is 6.42 Å². The summed E-state index contributed by atoms with van der Waals surface area (Å²) in [4.78, 5) is 5.71. The van der Waals surface area contributed by atoms with E-state index >= 15 is 0 Å². The Balaban J connectivity index is 1.31. The van der Waals surface area contributed by atoms with E-state index in [4.69, 9.17) is 6.57 Å². The first-order chi connectivity index (χ1) is 21.3. The molecule has 0 aliphatic heterocycles. The monoisotopic (exact) mass is 570 g/mol. The number of hydrogen-bond donors (Lipinski definition) is 0. The molecule has 2 aromatic heterocycles. The predicted octanol–water partition coefficient (Wildman–Crippen LogP) is 10.8. The van der Waals surface area contributed by atoms with E-state index in [1.807, 2.05) is 84.3 Å². The van der Waals surface area contributed by atoms with Crippen LogP contribution in [0.15, 0.2) is 139 Å². The van der Waals surface area contributed by atoms with Crippen molar-refractivity contribution in [3.8, 4) is 6.07 Å². The van der Waals surface area contributed by atoms with Crippen molar-refractivity contribution in [3.63, 3.8) is 0 Å². The zero-order valence-corrected chi connectivity index (χ0v) is 24.1. The van der Waals surface area contributed by atoms with E-state index in [1.165, 1.54) is 37.1 Å². The van der Waals surface area contributed by atoms with Gasteiger partial charge in [-0.3, -0.25) is 0 Å². The van der Waals surface area contributed by atoms with Crippen molar-refractivity contribution < 1.29 is 0 Å². The number of nitrogens with zero attached hydrogens (tertiary/aromatic N) is 4. The van der Waals surface area contributed by atoms with Gasteiger partial charge < -0.3 is 9.47 Å². The summed E-state index contributed by atoms with van der Waals surface area (Å²) in [7, 11) is 0. The van der Waals surface area contributed by atoms with Gasteiger partial charge in [-0.2, -0.15) is 5.26 Å². The van der Waals surface area contributed by atoms with Crippen molar-refractivity contribution in [2.75, 3.05) is 4.90 Å². The van der Waals surface area contributed by atoms with Crippen LogP contribution >= 0.6 is 11.3 Å². The van der Waals surface area contributed by atoms with Gasteiger partial charge in [-0.1, -0.05) is 84.9 Å². The lowest BCUT2D eigenvalue weighted by molar-refractivity contribution is 0.791. The largest absolute Gasteiger partial charge is 0.325 e. The van der Waals surface area contributed by atoms with Crippen LogP contribution in [0.25, 0.3) is 53.0 Å². The second kappa shape index (κ2) is 11.3. The van der Waals surface area contributed by atoms with Crippen molar-refractivity contribution >= 4 is 70.9 Å². The third kappa shape index (κ3) is 4.73. The molecule has 0 aliphatic rings. The van der Waals surface area contributed by atoms with E-state index < -0.39 is 5.92 Å². The Morgan fingerprint density at radius 2 is 1.44 bits per heavy atom. The Morgan fingerprint density at radius 3 is 2.14 bits per heavy atom. The molecule has 0 bridgehead atoms. The number of rotatable bonds is 7. The van der Waals surface area contributed by atoms with Gasteiger partial charge in [-0.25, -0.2) is 4.85 Å². The molecule has 43 heavy (non-hydrogen) atoms. The van der Waals surface area contributed by atoms with Gasteiger partial charge in [-0.05, 0) is 48.9 Å². The van der Waals surface area contributed by atoms with Crippen LogP contribution in [-0.4, -0.2) is 4.57 Å². The molecule has 0 N–H and O–H groups in total. The fraction of sp³-hybridized carbons (Fsp3) is 0.0526. The van der Waals surface area contributed by atoms with E-state index in [1.54, 1.807) is 0 Å². The molecule has 5 aromatic carbocycles. The van der Waals surface area contributed by atoms with E-state index in [2.05, 4.69) is 81.0 Å². The van der Waals surface area contributed by atoms with E-state index in [0.717, 1.165) is 28.1 Å². The van der Waals surface area contributed by atoms with Gasteiger partial charge in [-0.15, -0.1) is 11.3 Å². The summed E-state index contributed by atoms with van der Waals surface area (Å²) in [5, 5.41) is 15.3. The minimum Gasteiger partial charge on any atom is -0.325 e. The van der Waals surface area contributed by atoms with Crippen molar-refractivity contribution in [2.24, 2.45) is 5.92 Å². The molecule has 2 heterocycles. The summed E-state index contributed by atoms with van der Waals surface area (Å²) in [6, 6.07) is 43.9. The molecule has 0 saturated heterocycles. The molecule has 5 heteroatoms. The number of thiophene rings is 1. The minimum absolute atomic E-state index is 0.386. The molecule has 0 fully saturated rings. The standard InChI is InChI=1S/C38H26N4S/c1-40-26-30(42(28-12-4-2-5-13-28)29-14-6-3-7-15-29)24-27(25-39)22-23-41-34-18-10-8-17-33(34)37-35(41)21-20-32-31-16-9-11-19-36(31)43-38(32)37/h2-23,26-27H,24H2/b23-22+,30-26-. The Morgan fingerprint density at radius 1 is 0.791 bits per heavy atom. The maximum absolute atomic E-state index is 10.3. The highest BCUT2D eigenvalue weighted by Crippen LogP contribution is 2.42. The van der Waals surface area contributed by atoms with E-state index in [9.17, 15) is 5.26 Å². The average molecular weight is 571 g/mol. The van der Waals surface area contributed by atoms with Crippen LogP contribution in [0.2, 0.25) is 0 Å². The number of aromatic nitrogens is 1. The molecule has 1 atom stereocenters. The molecule has 0 aliphatic carbocycles. The summed E-state index contributed by atoms with van der Waals surface area (Å²) >= 11 is 1.83. The Bertz CT molecular complexity index is 2200. The van der Waals surface area contributed by atoms with Crippen molar-refractivity contribution in [1.29, 1.82) is 5.26 Å². The molecule has 0 spiro atoms. The van der Waals surface area contributed by atoms with Gasteiger partial charge >= 0.3 is 0 Å². The lowest BCUT2D eigenvalue weighted by Crippen LogP contribution is -2.18. The van der Waals surface area contributed by atoms with Gasteiger partial charge in [0.2, 0.25) is 0 Å². The molecule has 7 aromatic rings.